The van der Waals surface area contributed by atoms with Gasteiger partial charge in [0.05, 0.1) is 22.3 Å². The lowest BCUT2D eigenvalue weighted by Gasteiger charge is -2.08. The molecule has 0 radical (unpaired) electrons. The summed E-state index contributed by atoms with van der Waals surface area (Å²) >= 11 is 17.7. The summed E-state index contributed by atoms with van der Waals surface area (Å²) in [5, 5.41) is 9.67. The Hall–Kier alpha value is -0.870. The molecule has 94 valence electrons. The van der Waals surface area contributed by atoms with Gasteiger partial charge in [0.2, 0.25) is 5.95 Å². The van der Waals surface area contributed by atoms with E-state index in [1.165, 1.54) is 24.3 Å². The van der Waals surface area contributed by atoms with Crippen molar-refractivity contribution in [2.45, 2.75) is 6.61 Å². The van der Waals surface area contributed by atoms with Crippen molar-refractivity contribution in [1.82, 2.24) is 4.98 Å². The van der Waals surface area contributed by atoms with E-state index in [-0.39, 0.29) is 27.9 Å². The first-order chi connectivity index (χ1) is 8.52. The quantitative estimate of drug-likeness (QED) is 0.661. The van der Waals surface area contributed by atoms with E-state index in [9.17, 15) is 4.39 Å². The molecule has 1 aromatic heterocycles. The Balaban J connectivity index is 2.62. The minimum Gasteiger partial charge on any atom is -0.390 e. The summed E-state index contributed by atoms with van der Waals surface area (Å²) in [5.74, 6) is -0.734. The normalized spacial score (nSPS) is 10.7. The number of aliphatic hydroxyl groups is 1. The van der Waals surface area contributed by atoms with Crippen LogP contribution in [0.4, 0.5) is 4.39 Å². The topological polar surface area (TPSA) is 33.1 Å². The van der Waals surface area contributed by atoms with Crippen molar-refractivity contribution in [2.24, 2.45) is 0 Å². The second kappa shape index (κ2) is 5.41. The minimum absolute atomic E-state index is 0.182. The molecule has 0 saturated heterocycles. The Kier molecular flexibility index (Phi) is 4.07. The van der Waals surface area contributed by atoms with Gasteiger partial charge in [0.1, 0.15) is 0 Å². The molecule has 0 fully saturated rings. The van der Waals surface area contributed by atoms with Gasteiger partial charge in [-0.1, -0.05) is 34.8 Å². The second-order valence-electron chi connectivity index (χ2n) is 3.55. The van der Waals surface area contributed by atoms with Gasteiger partial charge in [0, 0.05) is 16.1 Å². The van der Waals surface area contributed by atoms with Crippen LogP contribution in [0.5, 0.6) is 0 Å². The Morgan fingerprint density at radius 1 is 1.11 bits per heavy atom. The summed E-state index contributed by atoms with van der Waals surface area (Å²) in [6.07, 6.45) is 0. The molecule has 2 rings (SSSR count). The number of halogens is 4. The van der Waals surface area contributed by atoms with Crippen LogP contribution in [-0.2, 0) is 6.61 Å². The van der Waals surface area contributed by atoms with Crippen LogP contribution in [0.2, 0.25) is 15.1 Å². The molecule has 0 aliphatic heterocycles. The number of pyridine rings is 1. The summed E-state index contributed by atoms with van der Waals surface area (Å²) in [6, 6.07) is 5.96. The van der Waals surface area contributed by atoms with Gasteiger partial charge in [-0.05, 0) is 24.3 Å². The summed E-state index contributed by atoms with van der Waals surface area (Å²) in [4.78, 5) is 3.61. The zero-order chi connectivity index (χ0) is 13.3. The molecule has 1 aromatic carbocycles. The minimum atomic E-state index is -0.734. The molecule has 0 aliphatic rings. The Bertz CT molecular complexity index is 604. The average molecular weight is 307 g/mol. The van der Waals surface area contributed by atoms with Crippen LogP contribution in [0.15, 0.2) is 24.3 Å². The molecule has 1 heterocycles. The molecule has 0 unspecified atom stereocenters. The van der Waals surface area contributed by atoms with Crippen LogP contribution >= 0.6 is 34.8 Å². The first-order valence-electron chi connectivity index (χ1n) is 4.94. The average Bonchev–Trinajstić information content (AvgIpc) is 2.34. The zero-order valence-electron chi connectivity index (χ0n) is 8.92. The lowest BCUT2D eigenvalue weighted by atomic mass is 10.1. The lowest BCUT2D eigenvalue weighted by molar-refractivity contribution is 0.275. The number of hydrogen-bond donors (Lipinski definition) is 1. The third kappa shape index (κ3) is 2.59. The first kappa shape index (κ1) is 13.6. The molecule has 2 nitrogen and oxygen atoms in total. The van der Waals surface area contributed by atoms with Crippen molar-refractivity contribution in [3.63, 3.8) is 0 Å². The van der Waals surface area contributed by atoms with Crippen molar-refractivity contribution in [3.8, 4) is 11.1 Å². The number of nitrogens with zero attached hydrogens (tertiary/aromatic N) is 1. The third-order valence-corrected chi connectivity index (χ3v) is 3.37. The highest BCUT2D eigenvalue weighted by Crippen LogP contribution is 2.37. The van der Waals surface area contributed by atoms with E-state index < -0.39 is 5.95 Å². The summed E-state index contributed by atoms with van der Waals surface area (Å²) < 4.78 is 13.8. The molecule has 0 saturated carbocycles. The second-order valence-corrected chi connectivity index (χ2v) is 4.77. The van der Waals surface area contributed by atoms with Crippen LogP contribution < -0.4 is 0 Å². The van der Waals surface area contributed by atoms with Crippen molar-refractivity contribution in [2.75, 3.05) is 0 Å². The van der Waals surface area contributed by atoms with Gasteiger partial charge < -0.3 is 5.11 Å². The first-order valence-corrected chi connectivity index (χ1v) is 6.07. The molecule has 18 heavy (non-hydrogen) atoms. The van der Waals surface area contributed by atoms with Gasteiger partial charge in [-0.25, -0.2) is 4.98 Å². The van der Waals surface area contributed by atoms with Crippen LogP contribution in [0.1, 0.15) is 5.69 Å². The fraction of sp³-hybridized carbons (Fsp3) is 0.0833. The standard InChI is InChI=1S/C12H7Cl3FNO/c13-6-3-9(11(15)10(14)4-6)8-2-1-7(5-18)17-12(8)16/h1-4,18H,5H2. The lowest BCUT2D eigenvalue weighted by Crippen LogP contribution is -1.96. The summed E-state index contributed by atoms with van der Waals surface area (Å²) in [6.45, 7) is -0.332. The van der Waals surface area contributed by atoms with Gasteiger partial charge in [-0.3, -0.25) is 0 Å². The smallest absolute Gasteiger partial charge is 0.221 e. The number of hydrogen-bond acceptors (Lipinski definition) is 2. The molecule has 1 N–H and O–H groups in total. The molecule has 0 spiro atoms. The molecule has 0 bridgehead atoms. The van der Waals surface area contributed by atoms with Crippen LogP contribution in [0.25, 0.3) is 11.1 Å². The fourth-order valence-corrected chi connectivity index (χ4v) is 2.22. The van der Waals surface area contributed by atoms with E-state index in [1.54, 1.807) is 0 Å². The van der Waals surface area contributed by atoms with Crippen molar-refractivity contribution in [1.29, 1.82) is 0 Å². The Labute approximate surface area is 118 Å². The molecule has 2 aromatic rings. The maximum Gasteiger partial charge on any atom is 0.221 e. The van der Waals surface area contributed by atoms with Crippen LogP contribution in [-0.4, -0.2) is 10.1 Å². The largest absolute Gasteiger partial charge is 0.390 e. The predicted molar refractivity (Wildman–Crippen MR) is 70.6 cm³/mol. The molecule has 6 heteroatoms. The van der Waals surface area contributed by atoms with E-state index in [0.29, 0.717) is 10.6 Å². The fourth-order valence-electron chi connectivity index (χ4n) is 1.51. The molecular weight excluding hydrogens is 299 g/mol. The summed E-state index contributed by atoms with van der Waals surface area (Å²) in [7, 11) is 0. The zero-order valence-corrected chi connectivity index (χ0v) is 11.2. The molecule has 0 atom stereocenters. The molecule has 0 amide bonds. The number of aliphatic hydroxyl groups excluding tert-OH is 1. The van der Waals surface area contributed by atoms with E-state index in [0.717, 1.165) is 0 Å². The molecule has 0 aliphatic carbocycles. The Morgan fingerprint density at radius 3 is 2.44 bits per heavy atom. The maximum atomic E-state index is 13.8. The number of rotatable bonds is 2. The Morgan fingerprint density at radius 2 is 1.83 bits per heavy atom. The van der Waals surface area contributed by atoms with Crippen LogP contribution in [0.3, 0.4) is 0 Å². The van der Waals surface area contributed by atoms with Gasteiger partial charge >= 0.3 is 0 Å². The highest BCUT2D eigenvalue weighted by molar-refractivity contribution is 6.45. The van der Waals surface area contributed by atoms with Crippen LogP contribution in [0, 0.1) is 5.95 Å². The monoisotopic (exact) mass is 305 g/mol. The number of benzene rings is 1. The predicted octanol–water partition coefficient (Wildman–Crippen LogP) is 4.34. The third-order valence-electron chi connectivity index (χ3n) is 2.35. The SMILES string of the molecule is OCc1ccc(-c2cc(Cl)cc(Cl)c2Cl)c(F)n1. The van der Waals surface area contributed by atoms with E-state index in [2.05, 4.69) is 4.98 Å². The highest BCUT2D eigenvalue weighted by atomic mass is 35.5. The van der Waals surface area contributed by atoms with Gasteiger partial charge in [-0.2, -0.15) is 4.39 Å². The van der Waals surface area contributed by atoms with E-state index in [1.807, 2.05) is 0 Å². The highest BCUT2D eigenvalue weighted by Gasteiger charge is 2.14. The maximum absolute atomic E-state index is 13.8. The van der Waals surface area contributed by atoms with Crippen molar-refractivity contribution >= 4 is 34.8 Å². The van der Waals surface area contributed by atoms with Gasteiger partial charge in [0.15, 0.2) is 0 Å². The number of aromatic nitrogens is 1. The van der Waals surface area contributed by atoms with Crippen molar-refractivity contribution in [3.05, 3.63) is 51.0 Å². The summed E-state index contributed by atoms with van der Waals surface area (Å²) in [5.41, 5.74) is 0.783. The van der Waals surface area contributed by atoms with E-state index >= 15 is 0 Å². The van der Waals surface area contributed by atoms with Gasteiger partial charge in [-0.15, -0.1) is 0 Å². The van der Waals surface area contributed by atoms with E-state index in [4.69, 9.17) is 39.9 Å². The van der Waals surface area contributed by atoms with Crippen molar-refractivity contribution < 1.29 is 9.50 Å². The van der Waals surface area contributed by atoms with Gasteiger partial charge in [0.25, 0.3) is 0 Å². The molecular formula is C12H7Cl3FNO.